The first-order valence-electron chi connectivity index (χ1n) is 13.4. The summed E-state index contributed by atoms with van der Waals surface area (Å²) in [7, 11) is 0. The number of fused-ring (bicyclic) bond motifs is 5. The summed E-state index contributed by atoms with van der Waals surface area (Å²) in [5.41, 5.74) is 1.39. The molecule has 6 unspecified atom stereocenters. The van der Waals surface area contributed by atoms with Crippen molar-refractivity contribution in [3.05, 3.63) is 0 Å². The molecule has 0 amide bonds. The van der Waals surface area contributed by atoms with Crippen molar-refractivity contribution in [1.82, 2.24) is 0 Å². The first-order chi connectivity index (χ1) is 13.4. The minimum absolute atomic E-state index is 0.689. The normalized spacial score (nSPS) is 58.4. The van der Waals surface area contributed by atoms with Gasteiger partial charge in [0, 0.05) is 0 Å². The van der Waals surface area contributed by atoms with Crippen LogP contribution in [0.25, 0.3) is 0 Å². The average Bonchev–Trinajstić information content (AvgIpc) is 3.30. The summed E-state index contributed by atoms with van der Waals surface area (Å²) in [6.45, 7) is 13.0. The Morgan fingerprint density at radius 2 is 1.68 bits per heavy atom. The molecule has 0 saturated heterocycles. The van der Waals surface area contributed by atoms with Crippen LogP contribution in [0.5, 0.6) is 0 Å². The van der Waals surface area contributed by atoms with Gasteiger partial charge in [0.2, 0.25) is 0 Å². The van der Waals surface area contributed by atoms with Gasteiger partial charge in [-0.1, -0.05) is 53.9 Å². The molecule has 28 heavy (non-hydrogen) atoms. The lowest BCUT2D eigenvalue weighted by atomic mass is 9.42. The summed E-state index contributed by atoms with van der Waals surface area (Å²) < 4.78 is 0. The van der Waals surface area contributed by atoms with Crippen LogP contribution in [-0.2, 0) is 0 Å². The van der Waals surface area contributed by atoms with Gasteiger partial charge in [0.1, 0.15) is 0 Å². The van der Waals surface area contributed by atoms with Crippen molar-refractivity contribution in [2.75, 3.05) is 0 Å². The van der Waals surface area contributed by atoms with Gasteiger partial charge in [-0.05, 0) is 122 Å². The van der Waals surface area contributed by atoms with Crippen LogP contribution in [0.3, 0.4) is 0 Å². The molecule has 0 aromatic carbocycles. The molecule has 5 aliphatic rings. The molecule has 0 spiro atoms. The van der Waals surface area contributed by atoms with Crippen LogP contribution in [0.4, 0.5) is 0 Å². The van der Waals surface area contributed by atoms with Crippen LogP contribution < -0.4 is 0 Å². The Balaban J connectivity index is 1.31. The molecule has 0 radical (unpaired) electrons. The standard InChI is InChI=1S/C28H48/c1-6-7-22-19(3)26(22)20-8-11-24-23-10-9-21-16-18(2)12-15-28(21,5)25(23)13-14-27(24,4)17-20/h18-26H,6-17H2,1-5H3/t18-,19?,20?,21-,22+,23?,24?,25?,26?,27+,28-/m0/s1. The van der Waals surface area contributed by atoms with Gasteiger partial charge < -0.3 is 0 Å². The van der Waals surface area contributed by atoms with E-state index in [0.717, 1.165) is 53.3 Å². The highest BCUT2D eigenvalue weighted by Crippen LogP contribution is 2.68. The summed E-state index contributed by atoms with van der Waals surface area (Å²) in [5.74, 6) is 9.58. The van der Waals surface area contributed by atoms with Crippen LogP contribution in [-0.4, -0.2) is 0 Å². The molecule has 0 N–H and O–H groups in total. The second-order valence-electron chi connectivity index (χ2n) is 13.2. The van der Waals surface area contributed by atoms with Gasteiger partial charge in [-0.25, -0.2) is 0 Å². The summed E-state index contributed by atoms with van der Waals surface area (Å²) >= 11 is 0. The first kappa shape index (κ1) is 19.9. The fraction of sp³-hybridized carbons (Fsp3) is 1.00. The first-order valence-corrected chi connectivity index (χ1v) is 13.4. The predicted octanol–water partition coefficient (Wildman–Crippen LogP) is 8.35. The van der Waals surface area contributed by atoms with E-state index in [2.05, 4.69) is 34.6 Å². The third-order valence-electron chi connectivity index (χ3n) is 11.8. The molecular weight excluding hydrogens is 336 g/mol. The van der Waals surface area contributed by atoms with E-state index in [1.807, 2.05) is 0 Å². The zero-order valence-electron chi connectivity index (χ0n) is 19.7. The molecular formula is C28H48. The monoisotopic (exact) mass is 384 g/mol. The van der Waals surface area contributed by atoms with Gasteiger partial charge in [-0.2, -0.15) is 0 Å². The van der Waals surface area contributed by atoms with E-state index in [4.69, 9.17) is 0 Å². The lowest BCUT2D eigenvalue weighted by Gasteiger charge is -2.63. The molecule has 0 bridgehead atoms. The Morgan fingerprint density at radius 1 is 0.857 bits per heavy atom. The third kappa shape index (κ3) is 2.97. The average molecular weight is 385 g/mol. The highest BCUT2D eigenvalue weighted by molar-refractivity contribution is 5.09. The maximum absolute atomic E-state index is 2.75. The van der Waals surface area contributed by atoms with Gasteiger partial charge in [0.15, 0.2) is 0 Å². The van der Waals surface area contributed by atoms with E-state index in [1.165, 1.54) is 19.3 Å². The van der Waals surface area contributed by atoms with E-state index in [0.29, 0.717) is 10.8 Å². The largest absolute Gasteiger partial charge is 0.0654 e. The Bertz CT molecular complexity index is 579. The van der Waals surface area contributed by atoms with Gasteiger partial charge in [0.05, 0.1) is 0 Å². The number of hydrogen-bond acceptors (Lipinski definition) is 0. The maximum atomic E-state index is 2.75. The van der Waals surface area contributed by atoms with Crippen molar-refractivity contribution >= 4 is 0 Å². The topological polar surface area (TPSA) is 0 Å². The maximum Gasteiger partial charge on any atom is -0.0266 e. The minimum atomic E-state index is 0.689. The van der Waals surface area contributed by atoms with E-state index in [1.54, 1.807) is 57.8 Å². The molecule has 0 aliphatic heterocycles. The molecule has 5 saturated carbocycles. The van der Waals surface area contributed by atoms with Crippen LogP contribution in [0.1, 0.15) is 112 Å². The van der Waals surface area contributed by atoms with Gasteiger partial charge in [-0.3, -0.25) is 0 Å². The molecule has 11 atom stereocenters. The van der Waals surface area contributed by atoms with E-state index in [9.17, 15) is 0 Å². The summed E-state index contributed by atoms with van der Waals surface area (Å²) in [4.78, 5) is 0. The number of hydrogen-bond donors (Lipinski definition) is 0. The van der Waals surface area contributed by atoms with Crippen molar-refractivity contribution in [1.29, 1.82) is 0 Å². The molecule has 5 fully saturated rings. The molecule has 0 aromatic rings. The third-order valence-corrected chi connectivity index (χ3v) is 11.8. The molecule has 0 nitrogen and oxygen atoms in total. The van der Waals surface area contributed by atoms with E-state index in [-0.39, 0.29) is 0 Å². The second-order valence-corrected chi connectivity index (χ2v) is 13.2. The highest BCUT2D eigenvalue weighted by atomic mass is 14.6. The van der Waals surface area contributed by atoms with Crippen molar-refractivity contribution < 1.29 is 0 Å². The SMILES string of the molecule is CCC[C@@H]1C(C)C1C1CCC2C3CC[C@H]4C[C@@H](C)CC[C@]4(C)C3CC[C@]2(C)C1. The summed E-state index contributed by atoms with van der Waals surface area (Å²) in [6, 6.07) is 0. The summed E-state index contributed by atoms with van der Waals surface area (Å²) in [5, 5.41) is 0. The fourth-order valence-corrected chi connectivity index (χ4v) is 10.3. The highest BCUT2D eigenvalue weighted by Gasteiger charge is 2.60. The zero-order chi connectivity index (χ0) is 19.7. The van der Waals surface area contributed by atoms with Gasteiger partial charge in [0.25, 0.3) is 0 Å². The van der Waals surface area contributed by atoms with Crippen molar-refractivity contribution in [3.8, 4) is 0 Å². The van der Waals surface area contributed by atoms with Gasteiger partial charge in [-0.15, -0.1) is 0 Å². The van der Waals surface area contributed by atoms with Crippen molar-refractivity contribution in [2.45, 2.75) is 112 Å². The Labute approximate surface area is 176 Å². The quantitative estimate of drug-likeness (QED) is 0.458. The minimum Gasteiger partial charge on any atom is -0.0654 e. The van der Waals surface area contributed by atoms with Crippen molar-refractivity contribution in [3.63, 3.8) is 0 Å². The van der Waals surface area contributed by atoms with E-state index >= 15 is 0 Å². The molecule has 5 rings (SSSR count). The van der Waals surface area contributed by atoms with Crippen LogP contribution in [0.2, 0.25) is 0 Å². The van der Waals surface area contributed by atoms with E-state index < -0.39 is 0 Å². The van der Waals surface area contributed by atoms with Crippen LogP contribution in [0, 0.1) is 64.1 Å². The summed E-state index contributed by atoms with van der Waals surface area (Å²) in [6.07, 6.45) is 18.6. The zero-order valence-corrected chi connectivity index (χ0v) is 19.7. The smallest absolute Gasteiger partial charge is 0.0266 e. The van der Waals surface area contributed by atoms with Crippen LogP contribution >= 0.6 is 0 Å². The Morgan fingerprint density at radius 3 is 2.46 bits per heavy atom. The molecule has 0 heterocycles. The molecule has 160 valence electrons. The predicted molar refractivity (Wildman–Crippen MR) is 120 cm³/mol. The second kappa shape index (κ2) is 7.02. The Hall–Kier alpha value is 0. The Kier molecular flexibility index (Phi) is 5.00. The molecule has 0 aromatic heterocycles. The van der Waals surface area contributed by atoms with Crippen molar-refractivity contribution in [2.24, 2.45) is 64.1 Å². The number of rotatable bonds is 3. The lowest BCUT2D eigenvalue weighted by Crippen LogP contribution is -2.55. The van der Waals surface area contributed by atoms with Crippen LogP contribution in [0.15, 0.2) is 0 Å². The fourth-order valence-electron chi connectivity index (χ4n) is 10.3. The molecule has 5 aliphatic carbocycles. The lowest BCUT2D eigenvalue weighted by molar-refractivity contribution is -0.136. The van der Waals surface area contributed by atoms with Gasteiger partial charge >= 0.3 is 0 Å². The molecule has 0 heteroatoms.